The molecule has 2 aromatic rings. The Bertz CT molecular complexity index is 922. The first kappa shape index (κ1) is 23.2. The number of benzene rings is 1. The Labute approximate surface area is 196 Å². The molecule has 2 aliphatic rings. The number of methoxy groups -OCH3 is 1. The van der Waals surface area contributed by atoms with Crippen LogP contribution in [0.5, 0.6) is 5.75 Å². The van der Waals surface area contributed by atoms with Gasteiger partial charge in [-0.15, -0.1) is 0 Å². The van der Waals surface area contributed by atoms with Crippen molar-refractivity contribution in [1.29, 1.82) is 0 Å². The zero-order valence-corrected chi connectivity index (χ0v) is 19.4. The minimum absolute atomic E-state index is 0.00988. The highest BCUT2D eigenvalue weighted by atomic mass is 16.5. The van der Waals surface area contributed by atoms with Gasteiger partial charge >= 0.3 is 0 Å². The van der Waals surface area contributed by atoms with E-state index >= 15 is 0 Å². The molecule has 1 aliphatic carbocycles. The molecule has 7 nitrogen and oxygen atoms in total. The van der Waals surface area contributed by atoms with E-state index in [1.165, 1.54) is 12.8 Å². The smallest absolute Gasteiger partial charge is 0.257 e. The monoisotopic (exact) mass is 450 g/mol. The lowest BCUT2D eigenvalue weighted by Gasteiger charge is -2.40. The lowest BCUT2D eigenvalue weighted by Crippen LogP contribution is -2.58. The van der Waals surface area contributed by atoms with Gasteiger partial charge in [-0.2, -0.15) is 0 Å². The highest BCUT2D eigenvalue weighted by Gasteiger charge is 2.37. The summed E-state index contributed by atoms with van der Waals surface area (Å²) in [5.74, 6) is 1.09. The van der Waals surface area contributed by atoms with E-state index in [0.717, 1.165) is 25.0 Å². The van der Waals surface area contributed by atoms with Gasteiger partial charge in [-0.1, -0.05) is 31.0 Å². The number of carbonyl (C=O) groups excluding carboxylic acids is 2. The molecule has 1 saturated heterocycles. The summed E-state index contributed by atoms with van der Waals surface area (Å²) in [6, 6.07) is 13.1. The van der Waals surface area contributed by atoms with Crippen LogP contribution >= 0.6 is 0 Å². The van der Waals surface area contributed by atoms with Crippen LogP contribution in [0.15, 0.2) is 48.7 Å². The molecule has 2 amide bonds. The largest absolute Gasteiger partial charge is 0.496 e. The van der Waals surface area contributed by atoms with Crippen LogP contribution in [-0.4, -0.2) is 72.5 Å². The number of amides is 2. The number of rotatable bonds is 8. The van der Waals surface area contributed by atoms with Crippen molar-refractivity contribution in [2.24, 2.45) is 5.92 Å². The number of para-hydroxylation sites is 1. The van der Waals surface area contributed by atoms with E-state index in [1.54, 1.807) is 13.3 Å². The molecule has 1 unspecified atom stereocenters. The molecular formula is C26H34N4O3. The van der Waals surface area contributed by atoms with E-state index in [4.69, 9.17) is 4.74 Å². The maximum absolute atomic E-state index is 13.3. The molecule has 1 saturated carbocycles. The molecule has 0 radical (unpaired) electrons. The number of aromatic nitrogens is 1. The van der Waals surface area contributed by atoms with Crippen molar-refractivity contribution in [1.82, 2.24) is 20.1 Å². The summed E-state index contributed by atoms with van der Waals surface area (Å²) >= 11 is 0. The van der Waals surface area contributed by atoms with E-state index in [0.29, 0.717) is 50.0 Å². The van der Waals surface area contributed by atoms with Crippen molar-refractivity contribution < 1.29 is 14.3 Å². The lowest BCUT2D eigenvalue weighted by atomic mass is 9.95. The van der Waals surface area contributed by atoms with Crippen LogP contribution in [0, 0.1) is 5.92 Å². The Balaban J connectivity index is 1.36. The molecule has 2 heterocycles. The minimum atomic E-state index is -0.125. The topological polar surface area (TPSA) is 74.8 Å². The Hall–Kier alpha value is -2.93. The van der Waals surface area contributed by atoms with Crippen molar-refractivity contribution in [3.8, 4) is 5.75 Å². The second kappa shape index (κ2) is 11.3. The Morgan fingerprint density at radius 3 is 2.48 bits per heavy atom. The maximum Gasteiger partial charge on any atom is 0.257 e. The van der Waals surface area contributed by atoms with Gasteiger partial charge in [0.05, 0.1) is 18.7 Å². The fraction of sp³-hybridized carbons (Fsp3) is 0.500. The van der Waals surface area contributed by atoms with Crippen molar-refractivity contribution >= 4 is 11.8 Å². The number of pyridine rings is 1. The van der Waals surface area contributed by atoms with Gasteiger partial charge in [0.1, 0.15) is 5.75 Å². The van der Waals surface area contributed by atoms with Gasteiger partial charge in [0.25, 0.3) is 5.91 Å². The van der Waals surface area contributed by atoms with E-state index in [9.17, 15) is 9.59 Å². The molecule has 1 aromatic carbocycles. The standard InChI is InChI=1S/C26H34N4O3/c1-33-23-12-5-4-11-22(23)26(32)30-18-16-29(17-19-30)24(20-8-2-3-9-20)25(31)28-15-13-21-10-6-7-14-27-21/h4-7,10-12,14,20,24H,2-3,8-9,13,15-19H2,1H3,(H,28,31). The third-order valence-electron chi connectivity index (χ3n) is 6.85. The second-order valence-electron chi connectivity index (χ2n) is 8.88. The summed E-state index contributed by atoms with van der Waals surface area (Å²) in [5.41, 5.74) is 1.58. The molecule has 2 fully saturated rings. The molecule has 176 valence electrons. The third kappa shape index (κ3) is 5.71. The van der Waals surface area contributed by atoms with Gasteiger partial charge in [-0.3, -0.25) is 19.5 Å². The lowest BCUT2D eigenvalue weighted by molar-refractivity contribution is -0.129. The average molecular weight is 451 g/mol. The van der Waals surface area contributed by atoms with Crippen molar-refractivity contribution in [2.45, 2.75) is 38.1 Å². The molecule has 1 atom stereocenters. The Morgan fingerprint density at radius 1 is 1.06 bits per heavy atom. The van der Waals surface area contributed by atoms with Crippen LogP contribution in [0.2, 0.25) is 0 Å². The maximum atomic E-state index is 13.3. The number of carbonyl (C=O) groups is 2. The molecule has 1 N–H and O–H groups in total. The van der Waals surface area contributed by atoms with E-state index < -0.39 is 0 Å². The van der Waals surface area contributed by atoms with Crippen LogP contribution in [0.25, 0.3) is 0 Å². The predicted octanol–water partition coefficient (Wildman–Crippen LogP) is 2.77. The summed E-state index contributed by atoms with van der Waals surface area (Å²) in [5, 5.41) is 3.16. The molecule has 1 aliphatic heterocycles. The number of nitrogens with one attached hydrogen (secondary N) is 1. The van der Waals surface area contributed by atoms with Gasteiger partial charge in [0.2, 0.25) is 5.91 Å². The van der Waals surface area contributed by atoms with Crippen LogP contribution < -0.4 is 10.1 Å². The fourth-order valence-corrected chi connectivity index (χ4v) is 5.11. The number of nitrogens with zero attached hydrogens (tertiary/aromatic N) is 3. The zero-order valence-electron chi connectivity index (χ0n) is 19.4. The molecule has 33 heavy (non-hydrogen) atoms. The molecule has 0 bridgehead atoms. The molecule has 1 aromatic heterocycles. The molecular weight excluding hydrogens is 416 g/mol. The summed E-state index contributed by atoms with van der Waals surface area (Å²) in [7, 11) is 1.59. The highest BCUT2D eigenvalue weighted by molar-refractivity contribution is 5.97. The van der Waals surface area contributed by atoms with E-state index in [-0.39, 0.29) is 17.9 Å². The van der Waals surface area contributed by atoms with Gasteiger partial charge in [-0.25, -0.2) is 0 Å². The molecule has 4 rings (SSSR count). The average Bonchev–Trinajstić information content (AvgIpc) is 3.39. The number of hydrogen-bond donors (Lipinski definition) is 1. The summed E-state index contributed by atoms with van der Waals surface area (Å²) in [6.07, 6.45) is 7.08. The third-order valence-corrected chi connectivity index (χ3v) is 6.85. The normalized spacial score (nSPS) is 18.2. The quantitative estimate of drug-likeness (QED) is 0.669. The summed E-state index contributed by atoms with van der Waals surface area (Å²) in [4.78, 5) is 34.8. The first-order chi connectivity index (χ1) is 16.2. The second-order valence-corrected chi connectivity index (χ2v) is 8.88. The van der Waals surface area contributed by atoms with Gasteiger partial charge in [0, 0.05) is 51.0 Å². The molecule has 0 spiro atoms. The van der Waals surface area contributed by atoms with E-state index in [1.807, 2.05) is 47.4 Å². The first-order valence-electron chi connectivity index (χ1n) is 12.0. The molecule has 7 heteroatoms. The number of ether oxygens (including phenoxy) is 1. The predicted molar refractivity (Wildman–Crippen MR) is 127 cm³/mol. The van der Waals surface area contributed by atoms with Crippen LogP contribution in [0.3, 0.4) is 0 Å². The number of piperazine rings is 1. The number of hydrogen-bond acceptors (Lipinski definition) is 5. The van der Waals surface area contributed by atoms with Gasteiger partial charge in [-0.05, 0) is 43.0 Å². The van der Waals surface area contributed by atoms with Gasteiger partial charge < -0.3 is 15.0 Å². The first-order valence-corrected chi connectivity index (χ1v) is 12.0. The van der Waals surface area contributed by atoms with Crippen LogP contribution in [0.1, 0.15) is 41.7 Å². The highest BCUT2D eigenvalue weighted by Crippen LogP contribution is 2.31. The Kier molecular flexibility index (Phi) is 7.94. The van der Waals surface area contributed by atoms with Crippen molar-refractivity contribution in [3.63, 3.8) is 0 Å². The van der Waals surface area contributed by atoms with Gasteiger partial charge in [0.15, 0.2) is 0 Å². The Morgan fingerprint density at radius 2 is 1.79 bits per heavy atom. The zero-order chi connectivity index (χ0) is 23.0. The minimum Gasteiger partial charge on any atom is -0.496 e. The summed E-state index contributed by atoms with van der Waals surface area (Å²) < 4.78 is 5.37. The van der Waals surface area contributed by atoms with Crippen molar-refractivity contribution in [3.05, 3.63) is 59.9 Å². The SMILES string of the molecule is COc1ccccc1C(=O)N1CCN(C(C(=O)NCCc2ccccn2)C2CCCC2)CC1. The van der Waals surface area contributed by atoms with Crippen LogP contribution in [-0.2, 0) is 11.2 Å². The van der Waals surface area contributed by atoms with Crippen LogP contribution in [0.4, 0.5) is 0 Å². The fourth-order valence-electron chi connectivity index (χ4n) is 5.11. The van der Waals surface area contributed by atoms with E-state index in [2.05, 4.69) is 15.2 Å². The summed E-state index contributed by atoms with van der Waals surface area (Å²) in [6.45, 7) is 3.22. The van der Waals surface area contributed by atoms with Crippen molar-refractivity contribution in [2.75, 3.05) is 39.8 Å².